The van der Waals surface area contributed by atoms with Crippen molar-refractivity contribution in [1.29, 1.82) is 0 Å². The van der Waals surface area contributed by atoms with E-state index in [0.29, 0.717) is 112 Å². The predicted molar refractivity (Wildman–Crippen MR) is 535 cm³/mol. The number of hydrogen-bond donors (Lipinski definition) is 4. The fourth-order valence-electron chi connectivity index (χ4n) is 18.4. The molecular weight excluding hydrogens is 1710 g/mol. The number of aryl methyl sites for hydroxylation is 10. The molecule has 9 aromatic heterocycles. The maximum atomic E-state index is 12.7. The summed E-state index contributed by atoms with van der Waals surface area (Å²) in [5, 5.41) is 58.8. The Morgan fingerprint density at radius 1 is 0.353 bits per heavy atom. The second kappa shape index (κ2) is 38.2. The molecule has 10 aromatic carbocycles. The van der Waals surface area contributed by atoms with Gasteiger partial charge in [-0.15, -0.1) is 0 Å². The number of H-pyrrole nitrogens is 4. The number of rotatable bonds is 20. The lowest BCUT2D eigenvalue weighted by Crippen LogP contribution is -2.12. The highest BCUT2D eigenvalue weighted by atomic mass is 16.5. The van der Waals surface area contributed by atoms with Gasteiger partial charge in [-0.3, -0.25) is 42.6 Å². The quantitative estimate of drug-likeness (QED) is 0.0515. The lowest BCUT2D eigenvalue weighted by atomic mass is 9.93. The fraction of sp³-hybridized carbons (Fsp3) is 0.224. The first-order chi connectivity index (χ1) is 66.0. The van der Waals surface area contributed by atoms with Gasteiger partial charge < -0.3 is 14.2 Å². The molecular formula is C107H96N22O7. The molecule has 0 amide bonds. The molecule has 29 nitrogen and oxygen atoms in total. The number of ether oxygens (including phenoxy) is 3. The first kappa shape index (κ1) is 90.6. The van der Waals surface area contributed by atoms with E-state index < -0.39 is 0 Å². The van der Waals surface area contributed by atoms with Crippen LogP contribution in [0.5, 0.6) is 17.2 Å². The number of fused-ring (bicyclic) bond motifs is 6. The second-order valence-corrected chi connectivity index (χ2v) is 33.1. The maximum absolute atomic E-state index is 12.7. The minimum atomic E-state index is -0.294. The zero-order valence-electron chi connectivity index (χ0n) is 77.7. The Balaban J connectivity index is 0.000000126. The van der Waals surface area contributed by atoms with Gasteiger partial charge in [-0.1, -0.05) is 125 Å². The van der Waals surface area contributed by atoms with E-state index in [-0.39, 0.29) is 22.2 Å². The molecule has 19 aromatic rings. The summed E-state index contributed by atoms with van der Waals surface area (Å²) >= 11 is 0. The van der Waals surface area contributed by atoms with Gasteiger partial charge in [-0.05, 0) is 200 Å². The van der Waals surface area contributed by atoms with E-state index in [2.05, 4.69) is 97.8 Å². The van der Waals surface area contributed by atoms with Crippen LogP contribution in [-0.2, 0) is 60.9 Å². The van der Waals surface area contributed by atoms with Crippen molar-refractivity contribution < 1.29 is 14.2 Å². The minimum absolute atomic E-state index is 0.187. The van der Waals surface area contributed by atoms with E-state index in [1.54, 1.807) is 43.5 Å². The first-order valence-electron chi connectivity index (χ1n) is 45.0. The highest BCUT2D eigenvalue weighted by Crippen LogP contribution is 2.52. The third-order valence-corrected chi connectivity index (χ3v) is 25.0. The Labute approximate surface area is 782 Å². The molecule has 20 rings (SSSR count). The van der Waals surface area contributed by atoms with Crippen molar-refractivity contribution in [2.24, 2.45) is 35.2 Å². The summed E-state index contributed by atoms with van der Waals surface area (Å²) in [5.74, 6) is 2.21. The molecule has 0 atom stereocenters. The number of aromatic nitrogens is 18. The van der Waals surface area contributed by atoms with Gasteiger partial charge in [0.2, 0.25) is 11.4 Å². The van der Waals surface area contributed by atoms with Crippen LogP contribution in [0.4, 0.5) is 22.7 Å². The number of nitrogens with one attached hydrogen (secondary N) is 4. The normalized spacial score (nSPS) is 11.7. The van der Waals surface area contributed by atoms with Crippen molar-refractivity contribution in [2.45, 2.75) is 107 Å². The molecule has 4 N–H and O–H groups in total. The Morgan fingerprint density at radius 3 is 1.24 bits per heavy atom. The summed E-state index contributed by atoms with van der Waals surface area (Å²) in [7, 11) is 9.39. The lowest BCUT2D eigenvalue weighted by Gasteiger charge is -2.17. The zero-order valence-corrected chi connectivity index (χ0v) is 77.7. The van der Waals surface area contributed by atoms with E-state index in [0.717, 1.165) is 179 Å². The molecule has 1 aliphatic carbocycles. The highest BCUT2D eigenvalue weighted by molar-refractivity contribution is 6.09. The number of aromatic amines is 4. The van der Waals surface area contributed by atoms with Crippen molar-refractivity contribution in [3.63, 3.8) is 0 Å². The molecule has 0 unspecified atom stereocenters. The van der Waals surface area contributed by atoms with Crippen LogP contribution >= 0.6 is 0 Å². The van der Waals surface area contributed by atoms with E-state index in [1.165, 1.54) is 18.4 Å². The summed E-state index contributed by atoms with van der Waals surface area (Å²) in [6, 6.07) is 49.3. The van der Waals surface area contributed by atoms with Gasteiger partial charge in [0.15, 0.2) is 11.4 Å². The van der Waals surface area contributed by atoms with Crippen LogP contribution < -0.4 is 36.4 Å². The molecule has 29 heteroatoms. The summed E-state index contributed by atoms with van der Waals surface area (Å²) in [6.07, 6.45) is 16.1. The van der Waals surface area contributed by atoms with Crippen LogP contribution in [-0.4, -0.2) is 110 Å². The first-order valence-corrected chi connectivity index (χ1v) is 45.0. The number of hydrogen-bond acceptors (Lipinski definition) is 16. The molecule has 0 spiro atoms. The van der Waals surface area contributed by atoms with Crippen LogP contribution in [0.2, 0.25) is 0 Å². The number of benzene rings is 10. The monoisotopic (exact) mass is 1800 g/mol. The van der Waals surface area contributed by atoms with Gasteiger partial charge in [0.05, 0.1) is 144 Å². The van der Waals surface area contributed by atoms with E-state index >= 15 is 0 Å². The Hall–Kier alpha value is -17.3. The average molecular weight is 1800 g/mol. The third kappa shape index (κ3) is 16.7. The minimum Gasteiger partial charge on any atom is -0.494 e. The molecule has 1 saturated carbocycles. The van der Waals surface area contributed by atoms with Crippen LogP contribution in [0.1, 0.15) is 107 Å². The van der Waals surface area contributed by atoms with Gasteiger partial charge >= 0.3 is 0 Å². The molecule has 676 valence electrons. The molecule has 0 aliphatic heterocycles. The molecule has 9 heterocycles. The topological polar surface area (TPSA) is 317 Å². The van der Waals surface area contributed by atoms with Gasteiger partial charge in [0.1, 0.15) is 17.2 Å². The zero-order chi connectivity index (χ0) is 95.6. The summed E-state index contributed by atoms with van der Waals surface area (Å²) in [5.41, 5.74) is 23.4. The summed E-state index contributed by atoms with van der Waals surface area (Å²) < 4.78 is 26.8. The van der Waals surface area contributed by atoms with Crippen molar-refractivity contribution in [1.82, 2.24) is 89.7 Å². The largest absolute Gasteiger partial charge is 0.494 e. The molecule has 136 heavy (non-hydrogen) atoms. The summed E-state index contributed by atoms with van der Waals surface area (Å²) in [4.78, 5) is 65.5. The third-order valence-electron chi connectivity index (χ3n) is 25.0. The van der Waals surface area contributed by atoms with Gasteiger partial charge in [-0.2, -0.15) is 45.9 Å². The van der Waals surface area contributed by atoms with Crippen LogP contribution in [0.15, 0.2) is 208 Å². The fourth-order valence-corrected chi connectivity index (χ4v) is 18.4. The summed E-state index contributed by atoms with van der Waals surface area (Å²) in [6.45, 7) is 50.8. The standard InChI is InChI=1S/C29H27N5O3.C27H23N5O2.C26H23N7O.C25H23N5O/c1-6-22-20-13-18(15-23(36-7-2)25(20)29(35)33-32-22)21-16-31-34(5)28(21)26-24(37-8-3)14-17-11-9-10-12-19(17)27(26)30-4;1-5-22-20-13-17(14-23(34-6-2)24(20)27(33)31-30-22)21-15-29-32(4)26(21)19-12-11-16-9-7-8-10-18(16)25(19)28-3;1-6-23-21-11-16(7-8-19(21)26(34)31-30-23)22-13-29-33(5)25(22)20-10-9-18(15(2)24(20)27-3)17-12-28-32(4)14-17;1-5-22-19-11-16(8-9-18(19)25(31)29-28-22)21-13-27-30(4)24(21)20-12-17(15-6-7-15)10-14(2)23(20)26-3/h9-16H,6-8H2,1-3,5H3,(H,33,35);7-15H,5-6H2,1-2,4H3,(H,31,33);7-14H,6H2,1-2,4-5H3,(H,31,34);8-13,15H,5-7H2,1-2,4H3,(H,29,31). The maximum Gasteiger partial charge on any atom is 0.275 e. The SMILES string of the molecule is [C-]#[N+]c1c(-c2c(-c3cc(OCC)c4c(=O)[nH]nc(CC)c4c3)cnn2C)c(OCC)cc2ccccc12.[C-]#[N+]c1c(-c2c(-c3cc(OCC)c4c(=O)[nH]nc(CC)c4c3)cnn2C)ccc2ccccc12.[C-]#[N+]c1c(-c2c(-c3ccc4c(=O)[nH]nc(CC)c4c3)cnn2C)ccc(-c2cnn(C)c2)c1C.[C-]#[N+]c1c(C)cc(C2CC2)cc1-c1c(-c2ccc3c(=O)[nH]nc(CC)c3c2)cnn1C. The van der Waals surface area contributed by atoms with Crippen molar-refractivity contribution >= 4 is 87.4 Å². The van der Waals surface area contributed by atoms with Gasteiger partial charge in [0.25, 0.3) is 22.2 Å². The number of nitrogens with zero attached hydrogens (tertiary/aromatic N) is 18. The Kier molecular flexibility index (Phi) is 25.5. The highest BCUT2D eigenvalue weighted by Gasteiger charge is 2.31. The molecule has 0 bridgehead atoms. The lowest BCUT2D eigenvalue weighted by molar-refractivity contribution is 0.342. The molecule has 1 fully saturated rings. The van der Waals surface area contributed by atoms with Crippen molar-refractivity contribution in [2.75, 3.05) is 19.8 Å². The molecule has 1 aliphatic rings. The molecule has 0 radical (unpaired) electrons. The van der Waals surface area contributed by atoms with E-state index in [4.69, 9.17) is 40.5 Å². The molecule has 0 saturated heterocycles. The van der Waals surface area contributed by atoms with Crippen molar-refractivity contribution in [3.05, 3.63) is 315 Å². The Bertz CT molecular complexity index is 8450. The van der Waals surface area contributed by atoms with Gasteiger partial charge in [0, 0.05) is 113 Å². The Morgan fingerprint density at radius 2 is 0.765 bits per heavy atom. The smallest absolute Gasteiger partial charge is 0.275 e. The van der Waals surface area contributed by atoms with Crippen LogP contribution in [0.3, 0.4) is 0 Å². The average Bonchev–Trinajstić information content (AvgIpc) is 1.58. The van der Waals surface area contributed by atoms with E-state index in [9.17, 15) is 19.2 Å². The van der Waals surface area contributed by atoms with Gasteiger partial charge in [-0.25, -0.2) is 39.8 Å². The predicted octanol–water partition coefficient (Wildman–Crippen LogP) is 21.8. The second-order valence-electron chi connectivity index (χ2n) is 33.1. The van der Waals surface area contributed by atoms with E-state index in [1.807, 2.05) is 254 Å². The van der Waals surface area contributed by atoms with Crippen molar-refractivity contribution in [3.8, 4) is 118 Å². The van der Waals surface area contributed by atoms with Crippen LogP contribution in [0, 0.1) is 40.1 Å². The van der Waals surface area contributed by atoms with Crippen LogP contribution in [0.25, 0.3) is 185 Å².